The molecule has 7 heteroatoms. The predicted molar refractivity (Wildman–Crippen MR) is 133 cm³/mol. The number of nitrogens with zero attached hydrogens (tertiary/aromatic N) is 4. The first kappa shape index (κ1) is 21.5. The largest absolute Gasteiger partial charge is 0.497 e. The second-order valence-corrected chi connectivity index (χ2v) is 8.04. The van der Waals surface area contributed by atoms with Gasteiger partial charge in [0.1, 0.15) is 28.7 Å². The summed E-state index contributed by atoms with van der Waals surface area (Å²) in [5.41, 5.74) is 13.3. The smallest absolute Gasteiger partial charge is 0.237 e. The summed E-state index contributed by atoms with van der Waals surface area (Å²) < 4.78 is 14.6. The highest BCUT2D eigenvalue weighted by molar-refractivity contribution is 6.17. The Bertz CT molecular complexity index is 1420. The van der Waals surface area contributed by atoms with E-state index in [9.17, 15) is 0 Å². The fraction of sp³-hybridized carbons (Fsp3) is 0.148. The van der Waals surface area contributed by atoms with Crippen LogP contribution >= 0.6 is 0 Å². The third-order valence-corrected chi connectivity index (χ3v) is 5.98. The standard InChI is InChI=1S/C27H25N5O2/c1-18-25(24-9-4-5-14-31(24)26(18)20-10-12-21(33-2)13-11-20)30-23-16-29-32(27(23)28)17-19-7-6-8-22(15-19)34-3/h4-16,28H,17H2,1-3H3/p+1. The molecule has 0 bridgehead atoms. The third kappa shape index (κ3) is 3.81. The first-order chi connectivity index (χ1) is 16.6. The molecule has 0 atom stereocenters. The van der Waals surface area contributed by atoms with E-state index in [4.69, 9.17) is 20.2 Å². The summed E-state index contributed by atoms with van der Waals surface area (Å²) in [7, 11) is 3.33. The highest BCUT2D eigenvalue weighted by Crippen LogP contribution is 2.30. The first-order valence-electron chi connectivity index (χ1n) is 11.0. The van der Waals surface area contributed by atoms with Gasteiger partial charge in [-0.3, -0.25) is 0 Å². The molecule has 1 aliphatic rings. The SMILES string of the molecule is COc1ccc(C2=C(C)C(=Nc3cnn(Cc4cccc(OC)c4)c3N)c3cccc[n+]32)cc1. The fourth-order valence-corrected chi connectivity index (χ4v) is 4.22. The Labute approximate surface area is 198 Å². The van der Waals surface area contributed by atoms with E-state index in [1.165, 1.54) is 0 Å². The molecule has 7 nitrogen and oxygen atoms in total. The van der Waals surface area contributed by atoms with E-state index >= 15 is 0 Å². The maximum absolute atomic E-state index is 6.47. The number of aromatic nitrogens is 3. The molecule has 2 N–H and O–H groups in total. The Kier molecular flexibility index (Phi) is 5.59. The molecule has 0 aliphatic carbocycles. The van der Waals surface area contributed by atoms with E-state index in [-0.39, 0.29) is 0 Å². The number of methoxy groups -OCH3 is 2. The van der Waals surface area contributed by atoms with Gasteiger partial charge in [-0.05, 0) is 55.0 Å². The van der Waals surface area contributed by atoms with Crippen LogP contribution in [0, 0.1) is 0 Å². The van der Waals surface area contributed by atoms with Crippen LogP contribution in [0.4, 0.5) is 11.5 Å². The van der Waals surface area contributed by atoms with Gasteiger partial charge < -0.3 is 15.2 Å². The number of pyridine rings is 1. The number of aliphatic imine (C=N–C) groups is 1. The van der Waals surface area contributed by atoms with Gasteiger partial charge >= 0.3 is 0 Å². The zero-order chi connectivity index (χ0) is 23.7. The van der Waals surface area contributed by atoms with E-state index < -0.39 is 0 Å². The van der Waals surface area contributed by atoms with Crippen LogP contribution in [0.1, 0.15) is 23.7 Å². The van der Waals surface area contributed by atoms with E-state index in [2.05, 4.69) is 41.0 Å². The molecular weight excluding hydrogens is 426 g/mol. The van der Waals surface area contributed by atoms with E-state index in [0.29, 0.717) is 18.1 Å². The molecule has 0 fully saturated rings. The van der Waals surface area contributed by atoms with Crippen molar-refractivity contribution in [3.63, 3.8) is 0 Å². The monoisotopic (exact) mass is 452 g/mol. The third-order valence-electron chi connectivity index (χ3n) is 5.98. The number of hydrogen-bond acceptors (Lipinski definition) is 5. The summed E-state index contributed by atoms with van der Waals surface area (Å²) in [6.07, 6.45) is 3.77. The number of anilines is 1. The number of nitrogens with two attached hydrogens (primary N) is 1. The van der Waals surface area contributed by atoms with Crippen LogP contribution in [-0.4, -0.2) is 29.7 Å². The molecule has 5 rings (SSSR count). The summed E-state index contributed by atoms with van der Waals surface area (Å²) in [5, 5.41) is 4.49. The molecule has 4 aromatic rings. The Hall–Kier alpha value is -4.39. The maximum atomic E-state index is 6.47. The van der Waals surface area contributed by atoms with Crippen molar-refractivity contribution >= 4 is 22.9 Å². The zero-order valence-corrected chi connectivity index (χ0v) is 19.4. The number of rotatable bonds is 6. The van der Waals surface area contributed by atoms with Gasteiger partial charge in [-0.1, -0.05) is 12.1 Å². The molecule has 2 aromatic carbocycles. The number of fused-ring (bicyclic) bond motifs is 1. The summed E-state index contributed by atoms with van der Waals surface area (Å²) in [6, 6.07) is 22.0. The molecule has 2 aromatic heterocycles. The van der Waals surface area contributed by atoms with Gasteiger partial charge in [-0.15, -0.1) is 0 Å². The maximum Gasteiger partial charge on any atom is 0.237 e. The van der Waals surface area contributed by atoms with Crippen molar-refractivity contribution in [2.24, 2.45) is 4.99 Å². The molecule has 0 amide bonds. The van der Waals surface area contributed by atoms with Crippen LogP contribution in [-0.2, 0) is 6.54 Å². The number of nitrogen functional groups attached to an aromatic ring is 1. The van der Waals surface area contributed by atoms with Crippen LogP contribution in [0.3, 0.4) is 0 Å². The lowest BCUT2D eigenvalue weighted by Gasteiger charge is -2.06. The first-order valence-corrected chi connectivity index (χ1v) is 11.0. The lowest BCUT2D eigenvalue weighted by atomic mass is 10.1. The highest BCUT2D eigenvalue weighted by atomic mass is 16.5. The van der Waals surface area contributed by atoms with Gasteiger partial charge in [-0.2, -0.15) is 9.67 Å². The second kappa shape index (κ2) is 8.86. The van der Waals surface area contributed by atoms with Crippen molar-refractivity contribution in [2.75, 3.05) is 20.0 Å². The topological polar surface area (TPSA) is 78.5 Å². The Morgan fingerprint density at radius 1 is 0.971 bits per heavy atom. The zero-order valence-electron chi connectivity index (χ0n) is 19.4. The molecule has 0 unspecified atom stereocenters. The lowest BCUT2D eigenvalue weighted by molar-refractivity contribution is -0.577. The molecule has 0 saturated carbocycles. The van der Waals surface area contributed by atoms with Gasteiger partial charge in [0.25, 0.3) is 0 Å². The normalized spacial score (nSPS) is 13.9. The van der Waals surface area contributed by atoms with Crippen LogP contribution in [0.25, 0.3) is 5.70 Å². The number of ether oxygens (including phenoxy) is 2. The van der Waals surface area contributed by atoms with Crippen molar-refractivity contribution in [3.8, 4) is 11.5 Å². The fourth-order valence-electron chi connectivity index (χ4n) is 4.22. The predicted octanol–water partition coefficient (Wildman–Crippen LogP) is 4.23. The summed E-state index contributed by atoms with van der Waals surface area (Å²) in [4.78, 5) is 4.97. The number of allylic oxidation sites excluding steroid dienone is 1. The van der Waals surface area contributed by atoms with Crippen molar-refractivity contribution in [3.05, 3.63) is 102 Å². The molecule has 1 aliphatic heterocycles. The molecule has 3 heterocycles. The van der Waals surface area contributed by atoms with Crippen molar-refractivity contribution in [1.82, 2.24) is 9.78 Å². The van der Waals surface area contributed by atoms with E-state index in [1.807, 2.05) is 48.5 Å². The van der Waals surface area contributed by atoms with Crippen molar-refractivity contribution in [1.29, 1.82) is 0 Å². The Morgan fingerprint density at radius 2 is 1.76 bits per heavy atom. The molecule has 0 spiro atoms. The average molecular weight is 453 g/mol. The van der Waals surface area contributed by atoms with Gasteiger partial charge in [-0.25, -0.2) is 9.67 Å². The molecule has 0 radical (unpaired) electrons. The summed E-state index contributed by atoms with van der Waals surface area (Å²) in [6.45, 7) is 2.62. The minimum Gasteiger partial charge on any atom is -0.497 e. The van der Waals surface area contributed by atoms with E-state index in [0.717, 1.165) is 45.3 Å². The number of benzene rings is 2. The molecule has 34 heavy (non-hydrogen) atoms. The Morgan fingerprint density at radius 3 is 2.53 bits per heavy atom. The lowest BCUT2D eigenvalue weighted by Crippen LogP contribution is -2.34. The minimum atomic E-state index is 0.517. The van der Waals surface area contributed by atoms with Crippen LogP contribution in [0.5, 0.6) is 11.5 Å². The molecule has 170 valence electrons. The van der Waals surface area contributed by atoms with Crippen LogP contribution in [0.2, 0.25) is 0 Å². The van der Waals surface area contributed by atoms with Crippen LogP contribution in [0.15, 0.2) is 89.7 Å². The Balaban J connectivity index is 1.53. The van der Waals surface area contributed by atoms with Gasteiger partial charge in [0, 0.05) is 17.7 Å². The van der Waals surface area contributed by atoms with Gasteiger partial charge in [0.2, 0.25) is 11.4 Å². The van der Waals surface area contributed by atoms with Crippen molar-refractivity contribution in [2.45, 2.75) is 13.5 Å². The molecular formula is C27H26N5O2+. The van der Waals surface area contributed by atoms with Gasteiger partial charge in [0.05, 0.1) is 32.5 Å². The second-order valence-electron chi connectivity index (χ2n) is 8.04. The quantitative estimate of drug-likeness (QED) is 0.444. The number of hydrogen-bond donors (Lipinski definition) is 1. The van der Waals surface area contributed by atoms with E-state index in [1.54, 1.807) is 25.1 Å². The van der Waals surface area contributed by atoms with Crippen LogP contribution < -0.4 is 19.8 Å². The molecule has 0 saturated heterocycles. The highest BCUT2D eigenvalue weighted by Gasteiger charge is 2.34. The summed E-state index contributed by atoms with van der Waals surface area (Å²) >= 11 is 0. The summed E-state index contributed by atoms with van der Waals surface area (Å²) in [5.74, 6) is 2.14. The minimum absolute atomic E-state index is 0.517. The van der Waals surface area contributed by atoms with Crippen molar-refractivity contribution < 1.29 is 14.0 Å². The average Bonchev–Trinajstić information content (AvgIpc) is 3.36. The van der Waals surface area contributed by atoms with Gasteiger partial charge in [0.15, 0.2) is 6.20 Å².